The highest BCUT2D eigenvalue weighted by Gasteiger charge is 2.38. The third-order valence-electron chi connectivity index (χ3n) is 2.47. The monoisotopic (exact) mass is 199 g/mol. The molecule has 0 aromatic carbocycles. The second kappa shape index (κ2) is 4.00. The summed E-state index contributed by atoms with van der Waals surface area (Å²) < 4.78 is 5.82. The Morgan fingerprint density at radius 3 is 2.15 bits per heavy atom. The van der Waals surface area contributed by atoms with Crippen molar-refractivity contribution in [1.82, 2.24) is 0 Å². The fraction of sp³-hybridized carbons (Fsp3) is 0.600. The lowest BCUT2D eigenvalue weighted by Gasteiger charge is -2.36. The molecule has 2 nitrogen and oxygen atoms in total. The summed E-state index contributed by atoms with van der Waals surface area (Å²) in [7, 11) is -1.71. The zero-order chi connectivity index (χ0) is 10.7. The minimum absolute atomic E-state index is 0.207. The largest absolute Gasteiger partial charge is 0.544 e. The van der Waals surface area contributed by atoms with E-state index in [4.69, 9.17) is 10.2 Å². The van der Waals surface area contributed by atoms with E-state index in [-0.39, 0.29) is 5.04 Å². The highest BCUT2D eigenvalue weighted by molar-refractivity contribution is 6.74. The number of allylic oxidation sites excluding steroid dienone is 1. The topological polar surface area (TPSA) is 35.2 Å². The van der Waals surface area contributed by atoms with Gasteiger partial charge in [-0.1, -0.05) is 27.4 Å². The van der Waals surface area contributed by atoms with Gasteiger partial charge in [0.05, 0.1) is 5.76 Å². The van der Waals surface area contributed by atoms with E-state index in [1.165, 1.54) is 6.20 Å². The van der Waals surface area contributed by atoms with Gasteiger partial charge < -0.3 is 10.2 Å². The molecule has 0 aliphatic rings. The fourth-order valence-electron chi connectivity index (χ4n) is 0.622. The Labute approximate surface area is 82.6 Å². The van der Waals surface area contributed by atoms with E-state index in [1.807, 2.05) is 0 Å². The lowest BCUT2D eigenvalue weighted by atomic mass is 10.2. The molecule has 0 aromatic rings. The molecule has 76 valence electrons. The van der Waals surface area contributed by atoms with Crippen LogP contribution >= 0.6 is 0 Å². The Morgan fingerprint density at radius 2 is 1.85 bits per heavy atom. The second-order valence-corrected chi connectivity index (χ2v) is 9.41. The zero-order valence-corrected chi connectivity index (χ0v) is 10.3. The minimum Gasteiger partial charge on any atom is -0.544 e. The summed E-state index contributed by atoms with van der Waals surface area (Å²) in [5.41, 5.74) is 5.25. The summed E-state index contributed by atoms with van der Waals surface area (Å²) in [6, 6.07) is 0. The first-order valence-corrected chi connectivity index (χ1v) is 7.38. The predicted octanol–water partition coefficient (Wildman–Crippen LogP) is 2.99. The Balaban J connectivity index is 4.43. The second-order valence-electron chi connectivity index (χ2n) is 4.69. The Bertz CT molecular complexity index is 213. The molecule has 0 aliphatic heterocycles. The summed E-state index contributed by atoms with van der Waals surface area (Å²) in [5, 5.41) is 0.207. The van der Waals surface area contributed by atoms with Crippen molar-refractivity contribution in [2.75, 3.05) is 0 Å². The van der Waals surface area contributed by atoms with Crippen LogP contribution in [0.1, 0.15) is 20.8 Å². The van der Waals surface area contributed by atoms with Gasteiger partial charge in [0.15, 0.2) is 0 Å². The van der Waals surface area contributed by atoms with Gasteiger partial charge in [0.1, 0.15) is 0 Å². The van der Waals surface area contributed by atoms with Gasteiger partial charge in [0.25, 0.3) is 0 Å². The summed E-state index contributed by atoms with van der Waals surface area (Å²) >= 11 is 0. The van der Waals surface area contributed by atoms with Crippen LogP contribution in [0.15, 0.2) is 24.6 Å². The van der Waals surface area contributed by atoms with Crippen molar-refractivity contribution in [3.05, 3.63) is 24.6 Å². The van der Waals surface area contributed by atoms with Gasteiger partial charge in [-0.25, -0.2) is 0 Å². The maximum Gasteiger partial charge on any atom is 0.250 e. The molecule has 0 heterocycles. The van der Waals surface area contributed by atoms with Crippen LogP contribution in [0.4, 0.5) is 0 Å². The van der Waals surface area contributed by atoms with E-state index in [9.17, 15) is 0 Å². The fourth-order valence-corrected chi connectivity index (χ4v) is 1.65. The highest BCUT2D eigenvalue weighted by atomic mass is 28.4. The zero-order valence-electron chi connectivity index (χ0n) is 9.35. The van der Waals surface area contributed by atoms with Crippen LogP contribution in [0.25, 0.3) is 0 Å². The van der Waals surface area contributed by atoms with Crippen LogP contribution in [0.3, 0.4) is 0 Å². The molecule has 2 N–H and O–H groups in total. The van der Waals surface area contributed by atoms with Crippen LogP contribution < -0.4 is 5.73 Å². The molecule has 0 amide bonds. The van der Waals surface area contributed by atoms with Gasteiger partial charge in [-0.2, -0.15) is 0 Å². The third-order valence-corrected chi connectivity index (χ3v) is 6.86. The average Bonchev–Trinajstić information content (AvgIpc) is 1.83. The van der Waals surface area contributed by atoms with Crippen molar-refractivity contribution in [2.24, 2.45) is 5.73 Å². The van der Waals surface area contributed by atoms with Gasteiger partial charge in [-0.15, -0.1) is 0 Å². The molecule has 0 aliphatic carbocycles. The smallest absolute Gasteiger partial charge is 0.250 e. The number of nitrogens with two attached hydrogens (primary N) is 1. The highest BCUT2D eigenvalue weighted by Crippen LogP contribution is 2.37. The number of hydrogen-bond acceptors (Lipinski definition) is 2. The predicted molar refractivity (Wildman–Crippen MR) is 60.7 cm³/mol. The Morgan fingerprint density at radius 1 is 1.38 bits per heavy atom. The maximum atomic E-state index is 5.82. The average molecular weight is 199 g/mol. The molecule has 0 aromatic heterocycles. The van der Waals surface area contributed by atoms with Crippen molar-refractivity contribution >= 4 is 8.32 Å². The first kappa shape index (κ1) is 12.3. The van der Waals surface area contributed by atoms with E-state index in [0.29, 0.717) is 5.76 Å². The Kier molecular flexibility index (Phi) is 3.79. The van der Waals surface area contributed by atoms with E-state index >= 15 is 0 Å². The van der Waals surface area contributed by atoms with Crippen molar-refractivity contribution in [3.8, 4) is 0 Å². The maximum absolute atomic E-state index is 5.82. The third kappa shape index (κ3) is 3.68. The molecule has 0 saturated heterocycles. The van der Waals surface area contributed by atoms with Gasteiger partial charge in [-0.3, -0.25) is 0 Å². The molecule has 0 fully saturated rings. The molecular formula is C10H21NOSi. The number of hydrogen-bond donors (Lipinski definition) is 1. The SMILES string of the molecule is C=C(/C=C/N)O[Si](C)(C)C(C)(C)C. The van der Waals surface area contributed by atoms with E-state index < -0.39 is 8.32 Å². The molecule has 0 bridgehead atoms. The summed E-state index contributed by atoms with van der Waals surface area (Å²) in [5.74, 6) is 0.661. The molecule has 0 radical (unpaired) electrons. The van der Waals surface area contributed by atoms with Gasteiger partial charge in [-0.05, 0) is 30.4 Å². The normalized spacial score (nSPS) is 13.3. The minimum atomic E-state index is -1.71. The number of rotatable bonds is 3. The van der Waals surface area contributed by atoms with E-state index in [1.54, 1.807) is 6.08 Å². The first-order valence-electron chi connectivity index (χ1n) is 4.47. The molecule has 0 unspecified atom stereocenters. The van der Waals surface area contributed by atoms with Crippen LogP contribution in [0.2, 0.25) is 18.1 Å². The summed E-state index contributed by atoms with van der Waals surface area (Å²) in [4.78, 5) is 0. The lowest BCUT2D eigenvalue weighted by Crippen LogP contribution is -2.40. The molecular weight excluding hydrogens is 178 g/mol. The van der Waals surface area contributed by atoms with Crippen molar-refractivity contribution in [3.63, 3.8) is 0 Å². The van der Waals surface area contributed by atoms with Crippen molar-refractivity contribution in [2.45, 2.75) is 38.9 Å². The van der Waals surface area contributed by atoms with Crippen molar-refractivity contribution in [1.29, 1.82) is 0 Å². The summed E-state index contributed by atoms with van der Waals surface area (Å²) in [6.07, 6.45) is 3.15. The van der Waals surface area contributed by atoms with Crippen LogP contribution in [0.5, 0.6) is 0 Å². The molecule has 0 atom stereocenters. The van der Waals surface area contributed by atoms with Crippen LogP contribution in [-0.2, 0) is 4.43 Å². The van der Waals surface area contributed by atoms with E-state index in [2.05, 4.69) is 40.4 Å². The quantitative estimate of drug-likeness (QED) is 0.431. The molecule has 0 spiro atoms. The van der Waals surface area contributed by atoms with Gasteiger partial charge >= 0.3 is 0 Å². The first-order chi connectivity index (χ1) is 5.70. The summed E-state index contributed by atoms with van der Waals surface area (Å²) in [6.45, 7) is 14.7. The Hall–Kier alpha value is -0.703. The van der Waals surface area contributed by atoms with Crippen LogP contribution in [-0.4, -0.2) is 8.32 Å². The standard InChI is InChI=1S/C10H21NOSi/c1-9(7-8-11)12-13(5,6)10(2,3)4/h7-8H,1,11H2,2-6H3/b8-7+. The molecule has 0 rings (SSSR count). The lowest BCUT2D eigenvalue weighted by molar-refractivity contribution is 0.402. The van der Waals surface area contributed by atoms with Gasteiger partial charge in [0.2, 0.25) is 8.32 Å². The molecule has 0 saturated carbocycles. The van der Waals surface area contributed by atoms with Crippen LogP contribution in [0, 0.1) is 0 Å². The van der Waals surface area contributed by atoms with E-state index in [0.717, 1.165) is 0 Å². The molecule has 13 heavy (non-hydrogen) atoms. The van der Waals surface area contributed by atoms with Gasteiger partial charge in [0, 0.05) is 0 Å². The van der Waals surface area contributed by atoms with Crippen molar-refractivity contribution < 1.29 is 4.43 Å². The molecule has 3 heteroatoms.